The van der Waals surface area contributed by atoms with E-state index in [4.69, 9.17) is 5.11 Å². The second-order valence-corrected chi connectivity index (χ2v) is 7.62. The zero-order chi connectivity index (χ0) is 16.4. The molecule has 23 heavy (non-hydrogen) atoms. The zero-order valence-electron chi connectivity index (χ0n) is 13.7. The van der Waals surface area contributed by atoms with Crippen LogP contribution in [-0.2, 0) is 18.4 Å². The minimum atomic E-state index is 0.0434. The van der Waals surface area contributed by atoms with E-state index in [1.54, 1.807) is 11.3 Å². The summed E-state index contributed by atoms with van der Waals surface area (Å²) in [5, 5.41) is 17.8. The molecule has 0 bridgehead atoms. The molecule has 0 aliphatic carbocycles. The number of aliphatic hydroxyl groups is 1. The van der Waals surface area contributed by atoms with Gasteiger partial charge in [0.15, 0.2) is 0 Å². The van der Waals surface area contributed by atoms with Crippen molar-refractivity contribution in [3.63, 3.8) is 0 Å². The van der Waals surface area contributed by atoms with Crippen LogP contribution >= 0.6 is 11.3 Å². The summed E-state index contributed by atoms with van der Waals surface area (Å²) in [4.78, 5) is 5.57. The summed E-state index contributed by atoms with van der Waals surface area (Å²) < 4.78 is 1.85. The van der Waals surface area contributed by atoms with Crippen molar-refractivity contribution in [3.8, 4) is 0 Å². The molecule has 1 aromatic carbocycles. The topological polar surface area (TPSA) is 62.5 Å². The molecule has 0 spiro atoms. The molecule has 6 heteroatoms. The number of hydrogen-bond donors (Lipinski definition) is 2. The molecule has 3 aromatic rings. The van der Waals surface area contributed by atoms with Crippen molar-refractivity contribution in [3.05, 3.63) is 47.3 Å². The number of benzene rings is 1. The van der Waals surface area contributed by atoms with Gasteiger partial charge in [-0.2, -0.15) is 0 Å². The maximum Gasteiger partial charge on any atom is 0.214 e. The molecule has 0 saturated heterocycles. The van der Waals surface area contributed by atoms with Gasteiger partial charge in [0, 0.05) is 12.0 Å². The van der Waals surface area contributed by atoms with Gasteiger partial charge in [-0.25, -0.2) is 9.50 Å². The maximum atomic E-state index is 9.04. The number of nitrogens with zero attached hydrogens (tertiary/aromatic N) is 3. The number of fused-ring (bicyclic) bond motifs is 1. The number of imidazole rings is 1. The lowest BCUT2D eigenvalue weighted by Crippen LogP contribution is -2.11. The molecule has 5 nitrogen and oxygen atoms in total. The number of anilines is 1. The van der Waals surface area contributed by atoms with E-state index in [-0.39, 0.29) is 12.0 Å². The average molecular weight is 330 g/mol. The van der Waals surface area contributed by atoms with E-state index in [0.717, 1.165) is 34.3 Å². The highest BCUT2D eigenvalue weighted by atomic mass is 32.1. The standard InChI is InChI=1S/C17H22N4OS/c1-17(2,3)14-10-21-16(19-14)23-15(20-21)18-9-8-12-4-6-13(11-22)7-5-12/h4-7,10,22H,8-9,11H2,1-3H3,(H,18,20). The van der Waals surface area contributed by atoms with E-state index in [0.29, 0.717) is 0 Å². The largest absolute Gasteiger partial charge is 0.392 e. The van der Waals surface area contributed by atoms with E-state index in [9.17, 15) is 0 Å². The zero-order valence-corrected chi connectivity index (χ0v) is 14.5. The summed E-state index contributed by atoms with van der Waals surface area (Å²) in [5.74, 6) is 0. The molecule has 0 saturated carbocycles. The molecule has 2 heterocycles. The molecule has 0 unspecified atom stereocenters. The summed E-state index contributed by atoms with van der Waals surface area (Å²) in [6.07, 6.45) is 2.92. The quantitative estimate of drug-likeness (QED) is 0.754. The Morgan fingerprint density at radius 3 is 2.48 bits per heavy atom. The molecule has 0 aliphatic rings. The molecule has 2 aromatic heterocycles. The molecule has 0 amide bonds. The Balaban J connectivity index is 1.59. The van der Waals surface area contributed by atoms with Crippen LogP contribution in [0.3, 0.4) is 0 Å². The van der Waals surface area contributed by atoms with E-state index < -0.39 is 0 Å². The molecule has 0 radical (unpaired) electrons. The van der Waals surface area contributed by atoms with E-state index >= 15 is 0 Å². The van der Waals surface area contributed by atoms with Gasteiger partial charge < -0.3 is 10.4 Å². The van der Waals surface area contributed by atoms with Crippen LogP contribution in [0.4, 0.5) is 5.13 Å². The van der Waals surface area contributed by atoms with Crippen molar-refractivity contribution in [2.45, 2.75) is 39.2 Å². The lowest BCUT2D eigenvalue weighted by molar-refractivity contribution is 0.282. The van der Waals surface area contributed by atoms with Crippen molar-refractivity contribution >= 4 is 21.4 Å². The van der Waals surface area contributed by atoms with Crippen LogP contribution in [0.1, 0.15) is 37.6 Å². The van der Waals surface area contributed by atoms with Gasteiger partial charge >= 0.3 is 0 Å². The van der Waals surface area contributed by atoms with Crippen LogP contribution in [0, 0.1) is 0 Å². The van der Waals surface area contributed by atoms with Gasteiger partial charge in [-0.05, 0) is 17.5 Å². The minimum Gasteiger partial charge on any atom is -0.392 e. The molecule has 0 aliphatic heterocycles. The molecule has 2 N–H and O–H groups in total. The first-order chi connectivity index (χ1) is 11.0. The third-order valence-corrected chi connectivity index (χ3v) is 4.59. The third-order valence-electron chi connectivity index (χ3n) is 3.71. The molecular formula is C17H22N4OS. The fourth-order valence-corrected chi connectivity index (χ4v) is 3.07. The van der Waals surface area contributed by atoms with Crippen LogP contribution in [0.15, 0.2) is 30.5 Å². The van der Waals surface area contributed by atoms with Crippen molar-refractivity contribution in [2.75, 3.05) is 11.9 Å². The summed E-state index contributed by atoms with van der Waals surface area (Å²) >= 11 is 1.57. The number of aromatic nitrogens is 3. The van der Waals surface area contributed by atoms with Crippen LogP contribution in [0.25, 0.3) is 4.96 Å². The summed E-state index contributed by atoms with van der Waals surface area (Å²) in [7, 11) is 0. The molecule has 3 rings (SSSR count). The lowest BCUT2D eigenvalue weighted by atomic mass is 9.93. The van der Waals surface area contributed by atoms with Crippen LogP contribution in [-0.4, -0.2) is 26.2 Å². The molecule has 0 atom stereocenters. The summed E-state index contributed by atoms with van der Waals surface area (Å²) in [6.45, 7) is 7.37. The predicted molar refractivity (Wildman–Crippen MR) is 94.1 cm³/mol. The van der Waals surface area contributed by atoms with Crippen molar-refractivity contribution in [2.24, 2.45) is 0 Å². The van der Waals surface area contributed by atoms with Gasteiger partial charge in [0.25, 0.3) is 0 Å². The molecular weight excluding hydrogens is 308 g/mol. The number of hydrogen-bond acceptors (Lipinski definition) is 5. The Kier molecular flexibility index (Phi) is 4.37. The first-order valence-corrected chi connectivity index (χ1v) is 8.56. The average Bonchev–Trinajstić information content (AvgIpc) is 3.06. The Bertz CT molecular complexity index is 752. The second-order valence-electron chi connectivity index (χ2n) is 6.66. The van der Waals surface area contributed by atoms with Gasteiger partial charge in [-0.3, -0.25) is 0 Å². The highest BCUT2D eigenvalue weighted by Crippen LogP contribution is 2.25. The smallest absolute Gasteiger partial charge is 0.214 e. The van der Waals surface area contributed by atoms with Crippen LogP contribution in [0.2, 0.25) is 0 Å². The summed E-state index contributed by atoms with van der Waals surface area (Å²) in [6, 6.07) is 8.02. The van der Waals surface area contributed by atoms with Crippen LogP contribution in [0.5, 0.6) is 0 Å². The molecule has 122 valence electrons. The van der Waals surface area contributed by atoms with Crippen molar-refractivity contribution < 1.29 is 5.11 Å². The fourth-order valence-electron chi connectivity index (χ4n) is 2.26. The number of aliphatic hydroxyl groups excluding tert-OH is 1. The maximum absolute atomic E-state index is 9.04. The van der Waals surface area contributed by atoms with Crippen molar-refractivity contribution in [1.29, 1.82) is 0 Å². The normalized spacial score (nSPS) is 12.0. The number of nitrogens with one attached hydrogen (secondary N) is 1. The first-order valence-electron chi connectivity index (χ1n) is 7.75. The fraction of sp³-hybridized carbons (Fsp3) is 0.412. The molecule has 0 fully saturated rings. The van der Waals surface area contributed by atoms with E-state index in [2.05, 4.69) is 48.3 Å². The Morgan fingerprint density at radius 1 is 1.17 bits per heavy atom. The van der Waals surface area contributed by atoms with Crippen LogP contribution < -0.4 is 5.32 Å². The third kappa shape index (κ3) is 3.71. The number of rotatable bonds is 5. The van der Waals surface area contributed by atoms with Gasteiger partial charge in [-0.1, -0.05) is 56.4 Å². The highest BCUT2D eigenvalue weighted by Gasteiger charge is 2.19. The van der Waals surface area contributed by atoms with Gasteiger partial charge in [0.05, 0.1) is 18.5 Å². The minimum absolute atomic E-state index is 0.0434. The van der Waals surface area contributed by atoms with Gasteiger partial charge in [-0.15, -0.1) is 5.10 Å². The van der Waals surface area contributed by atoms with Gasteiger partial charge in [0.2, 0.25) is 10.1 Å². The summed E-state index contributed by atoms with van der Waals surface area (Å²) in [5.41, 5.74) is 3.29. The highest BCUT2D eigenvalue weighted by molar-refractivity contribution is 7.20. The predicted octanol–water partition coefficient (Wildman–Crippen LogP) is 3.24. The van der Waals surface area contributed by atoms with E-state index in [1.807, 2.05) is 22.8 Å². The lowest BCUT2D eigenvalue weighted by Gasteiger charge is -2.13. The second kappa shape index (κ2) is 6.29. The monoisotopic (exact) mass is 330 g/mol. The first kappa shape index (κ1) is 16.0. The Hall–Kier alpha value is -1.92. The van der Waals surface area contributed by atoms with E-state index in [1.165, 1.54) is 5.56 Å². The SMILES string of the molecule is CC(C)(C)c1cn2nc(NCCc3ccc(CO)cc3)sc2n1. The Labute approximate surface area is 140 Å². The van der Waals surface area contributed by atoms with Crippen molar-refractivity contribution in [1.82, 2.24) is 14.6 Å². The Morgan fingerprint density at radius 2 is 1.87 bits per heavy atom. The van der Waals surface area contributed by atoms with Gasteiger partial charge in [0.1, 0.15) is 0 Å².